The van der Waals surface area contributed by atoms with Crippen molar-refractivity contribution in [1.29, 1.82) is 0 Å². The summed E-state index contributed by atoms with van der Waals surface area (Å²) < 4.78 is 27.1. The number of benzene rings is 1. The zero-order valence-electron chi connectivity index (χ0n) is 11.6. The van der Waals surface area contributed by atoms with E-state index in [9.17, 15) is 8.42 Å². The topological polar surface area (TPSA) is 58.2 Å². The fraction of sp³-hybridized carbons (Fsp3) is 0.571. The van der Waals surface area contributed by atoms with Crippen LogP contribution in [-0.4, -0.2) is 22.0 Å². The standard InChI is InChI=1S/C14H22N2O2S/c1-3-8-14(9-10-14)11-16-19(17,18)13-6-4-12(15-2)5-7-13/h4-7,15-16H,3,8-11H2,1-2H3. The van der Waals surface area contributed by atoms with Crippen LogP contribution in [0.1, 0.15) is 32.6 Å². The Morgan fingerprint density at radius 3 is 2.32 bits per heavy atom. The summed E-state index contributed by atoms with van der Waals surface area (Å²) in [6.45, 7) is 2.71. The first-order valence-corrected chi connectivity index (χ1v) is 8.27. The second-order valence-corrected chi connectivity index (χ2v) is 7.12. The van der Waals surface area contributed by atoms with Crippen molar-refractivity contribution in [3.8, 4) is 0 Å². The van der Waals surface area contributed by atoms with E-state index in [1.165, 1.54) is 0 Å². The molecule has 1 fully saturated rings. The van der Waals surface area contributed by atoms with Crippen LogP contribution >= 0.6 is 0 Å². The molecule has 1 aromatic rings. The van der Waals surface area contributed by atoms with Gasteiger partial charge >= 0.3 is 0 Å². The number of nitrogens with one attached hydrogen (secondary N) is 2. The molecule has 0 aliphatic heterocycles. The van der Waals surface area contributed by atoms with Crippen molar-refractivity contribution in [2.45, 2.75) is 37.5 Å². The molecule has 1 aliphatic carbocycles. The van der Waals surface area contributed by atoms with E-state index in [1.54, 1.807) is 24.3 Å². The van der Waals surface area contributed by atoms with E-state index >= 15 is 0 Å². The van der Waals surface area contributed by atoms with Crippen LogP contribution < -0.4 is 10.0 Å². The minimum atomic E-state index is -3.37. The van der Waals surface area contributed by atoms with Crippen molar-refractivity contribution < 1.29 is 8.42 Å². The Kier molecular flexibility index (Phi) is 4.16. The zero-order chi connectivity index (χ0) is 13.9. The van der Waals surface area contributed by atoms with Crippen molar-refractivity contribution >= 4 is 15.7 Å². The van der Waals surface area contributed by atoms with Crippen molar-refractivity contribution in [1.82, 2.24) is 4.72 Å². The van der Waals surface area contributed by atoms with Gasteiger partial charge < -0.3 is 5.32 Å². The third kappa shape index (κ3) is 3.48. The van der Waals surface area contributed by atoms with Crippen LogP contribution in [0.5, 0.6) is 0 Å². The van der Waals surface area contributed by atoms with Gasteiger partial charge in [0.2, 0.25) is 10.0 Å². The molecule has 0 spiro atoms. The zero-order valence-corrected chi connectivity index (χ0v) is 12.4. The van der Waals surface area contributed by atoms with Crippen molar-refractivity contribution in [3.05, 3.63) is 24.3 Å². The van der Waals surface area contributed by atoms with Crippen molar-refractivity contribution in [3.63, 3.8) is 0 Å². The van der Waals surface area contributed by atoms with Gasteiger partial charge in [-0.05, 0) is 48.9 Å². The average Bonchev–Trinajstić information content (AvgIpc) is 3.18. The second kappa shape index (κ2) is 5.51. The molecule has 0 atom stereocenters. The largest absolute Gasteiger partial charge is 0.388 e. The Balaban J connectivity index is 2.01. The highest BCUT2D eigenvalue weighted by Gasteiger charge is 2.42. The minimum Gasteiger partial charge on any atom is -0.388 e. The van der Waals surface area contributed by atoms with Gasteiger partial charge in [-0.25, -0.2) is 13.1 Å². The Hall–Kier alpha value is -1.07. The normalized spacial score (nSPS) is 17.2. The van der Waals surface area contributed by atoms with Crippen LogP contribution in [0.4, 0.5) is 5.69 Å². The predicted octanol–water partition coefficient (Wildman–Crippen LogP) is 2.59. The summed E-state index contributed by atoms with van der Waals surface area (Å²) in [5.74, 6) is 0. The lowest BCUT2D eigenvalue weighted by molar-refractivity contribution is 0.449. The van der Waals surface area contributed by atoms with Gasteiger partial charge in [0.05, 0.1) is 4.90 Å². The Bertz CT molecular complexity index is 519. The van der Waals surface area contributed by atoms with E-state index in [4.69, 9.17) is 0 Å². The van der Waals surface area contributed by atoms with Gasteiger partial charge in [-0.15, -0.1) is 0 Å². The molecule has 5 heteroatoms. The molecule has 1 aliphatic rings. The summed E-state index contributed by atoms with van der Waals surface area (Å²) in [6, 6.07) is 6.81. The van der Waals surface area contributed by atoms with Crippen LogP contribution in [-0.2, 0) is 10.0 Å². The monoisotopic (exact) mass is 282 g/mol. The van der Waals surface area contributed by atoms with Crippen LogP contribution in [0.25, 0.3) is 0 Å². The summed E-state index contributed by atoms with van der Waals surface area (Å²) >= 11 is 0. The molecule has 0 heterocycles. The average molecular weight is 282 g/mol. The molecule has 2 rings (SSSR count). The lowest BCUT2D eigenvalue weighted by atomic mass is 10.0. The van der Waals surface area contributed by atoms with Crippen molar-refractivity contribution in [2.75, 3.05) is 18.9 Å². The number of hydrogen-bond donors (Lipinski definition) is 2. The molecule has 106 valence electrons. The molecule has 0 aromatic heterocycles. The molecule has 1 aromatic carbocycles. The van der Waals surface area contributed by atoms with E-state index < -0.39 is 10.0 Å². The third-order valence-corrected chi connectivity index (χ3v) is 5.25. The number of sulfonamides is 1. The van der Waals surface area contributed by atoms with Gasteiger partial charge in [-0.1, -0.05) is 13.3 Å². The summed E-state index contributed by atoms with van der Waals surface area (Å²) in [7, 11) is -1.57. The summed E-state index contributed by atoms with van der Waals surface area (Å²) in [4.78, 5) is 0.332. The number of anilines is 1. The van der Waals surface area contributed by atoms with E-state index in [1.807, 2.05) is 7.05 Å². The molecule has 0 saturated heterocycles. The first-order valence-electron chi connectivity index (χ1n) is 6.79. The van der Waals surface area contributed by atoms with Gasteiger partial charge in [0.1, 0.15) is 0 Å². The van der Waals surface area contributed by atoms with Gasteiger partial charge in [0.25, 0.3) is 0 Å². The van der Waals surface area contributed by atoms with E-state index in [2.05, 4.69) is 17.0 Å². The molecular weight excluding hydrogens is 260 g/mol. The van der Waals surface area contributed by atoms with Crippen LogP contribution in [0, 0.1) is 5.41 Å². The second-order valence-electron chi connectivity index (χ2n) is 5.35. The first-order chi connectivity index (χ1) is 9.01. The summed E-state index contributed by atoms with van der Waals surface area (Å²) in [5, 5.41) is 2.97. The molecule has 1 saturated carbocycles. The molecule has 0 unspecified atom stereocenters. The molecule has 19 heavy (non-hydrogen) atoms. The maximum atomic E-state index is 12.2. The predicted molar refractivity (Wildman–Crippen MR) is 77.8 cm³/mol. The molecular formula is C14H22N2O2S. The Morgan fingerprint density at radius 2 is 1.84 bits per heavy atom. The molecule has 2 N–H and O–H groups in total. The smallest absolute Gasteiger partial charge is 0.240 e. The highest BCUT2D eigenvalue weighted by molar-refractivity contribution is 7.89. The fourth-order valence-electron chi connectivity index (χ4n) is 2.35. The number of hydrogen-bond acceptors (Lipinski definition) is 3. The van der Waals surface area contributed by atoms with Gasteiger partial charge in [0, 0.05) is 19.3 Å². The highest BCUT2D eigenvalue weighted by Crippen LogP contribution is 2.49. The lowest BCUT2D eigenvalue weighted by Gasteiger charge is -2.15. The molecule has 4 nitrogen and oxygen atoms in total. The third-order valence-electron chi connectivity index (χ3n) is 3.83. The lowest BCUT2D eigenvalue weighted by Crippen LogP contribution is -2.30. The summed E-state index contributed by atoms with van der Waals surface area (Å²) in [5.41, 5.74) is 1.14. The Morgan fingerprint density at radius 1 is 1.21 bits per heavy atom. The number of rotatable bonds is 7. The van der Waals surface area contributed by atoms with E-state index in [0.29, 0.717) is 11.4 Å². The Labute approximate surface area is 115 Å². The first kappa shape index (κ1) is 14.3. The highest BCUT2D eigenvalue weighted by atomic mass is 32.2. The van der Waals surface area contributed by atoms with E-state index in [-0.39, 0.29) is 5.41 Å². The van der Waals surface area contributed by atoms with Crippen LogP contribution in [0.3, 0.4) is 0 Å². The van der Waals surface area contributed by atoms with E-state index in [0.717, 1.165) is 31.4 Å². The van der Waals surface area contributed by atoms with Crippen LogP contribution in [0.2, 0.25) is 0 Å². The van der Waals surface area contributed by atoms with Gasteiger partial charge in [0.15, 0.2) is 0 Å². The van der Waals surface area contributed by atoms with Gasteiger partial charge in [-0.2, -0.15) is 0 Å². The minimum absolute atomic E-state index is 0.229. The maximum Gasteiger partial charge on any atom is 0.240 e. The quantitative estimate of drug-likeness (QED) is 0.808. The van der Waals surface area contributed by atoms with Crippen LogP contribution in [0.15, 0.2) is 29.2 Å². The summed E-state index contributed by atoms with van der Waals surface area (Å²) in [6.07, 6.45) is 4.50. The maximum absolute atomic E-state index is 12.2. The van der Waals surface area contributed by atoms with Crippen molar-refractivity contribution in [2.24, 2.45) is 5.41 Å². The SMILES string of the molecule is CCCC1(CNS(=O)(=O)c2ccc(NC)cc2)CC1. The molecule has 0 radical (unpaired) electrons. The fourth-order valence-corrected chi connectivity index (χ4v) is 3.51. The molecule has 0 bridgehead atoms. The molecule has 0 amide bonds. The van der Waals surface area contributed by atoms with Gasteiger partial charge in [-0.3, -0.25) is 0 Å².